The van der Waals surface area contributed by atoms with E-state index in [1.807, 2.05) is 0 Å². The first kappa shape index (κ1) is 12.8. The van der Waals surface area contributed by atoms with Gasteiger partial charge in [-0.2, -0.15) is 5.26 Å². The molecule has 0 amide bonds. The van der Waals surface area contributed by atoms with Gasteiger partial charge in [-0.1, -0.05) is 0 Å². The fourth-order valence-corrected chi connectivity index (χ4v) is 2.01. The van der Waals surface area contributed by atoms with Gasteiger partial charge in [0.05, 0.1) is 11.6 Å². The standard InChI is InChI=1S/C13H14F2N2O/c14-10-5-9(7-16)6-11(15)12(10)17-8-13(1-2-13)3-4-18/h5-6,17-18H,1-4,8H2. The summed E-state index contributed by atoms with van der Waals surface area (Å²) in [6, 6.07) is 3.72. The number of nitrogens with zero attached hydrogens (tertiary/aromatic N) is 1. The molecular weight excluding hydrogens is 238 g/mol. The summed E-state index contributed by atoms with van der Waals surface area (Å²) in [6.45, 7) is 0.521. The molecule has 5 heteroatoms. The lowest BCUT2D eigenvalue weighted by atomic mass is 10.0. The summed E-state index contributed by atoms with van der Waals surface area (Å²) in [7, 11) is 0. The van der Waals surface area contributed by atoms with Gasteiger partial charge in [0.15, 0.2) is 11.6 Å². The van der Waals surface area contributed by atoms with Gasteiger partial charge in [0, 0.05) is 13.2 Å². The third-order valence-corrected chi connectivity index (χ3v) is 3.41. The van der Waals surface area contributed by atoms with Crippen LogP contribution < -0.4 is 5.32 Å². The summed E-state index contributed by atoms with van der Waals surface area (Å²) >= 11 is 0. The highest BCUT2D eigenvalue weighted by Gasteiger charge is 2.41. The Labute approximate surface area is 104 Å². The highest BCUT2D eigenvalue weighted by molar-refractivity contribution is 5.50. The first-order valence-electron chi connectivity index (χ1n) is 5.84. The van der Waals surface area contributed by atoms with Crippen molar-refractivity contribution >= 4 is 5.69 Å². The van der Waals surface area contributed by atoms with Crippen molar-refractivity contribution in [2.24, 2.45) is 5.41 Å². The van der Waals surface area contributed by atoms with Crippen molar-refractivity contribution in [1.82, 2.24) is 0 Å². The zero-order valence-corrected chi connectivity index (χ0v) is 9.84. The third-order valence-electron chi connectivity index (χ3n) is 3.41. The first-order chi connectivity index (χ1) is 8.60. The SMILES string of the molecule is N#Cc1cc(F)c(NCC2(CCO)CC2)c(F)c1. The van der Waals surface area contributed by atoms with E-state index >= 15 is 0 Å². The summed E-state index contributed by atoms with van der Waals surface area (Å²) in [6.07, 6.45) is 2.56. The number of anilines is 1. The molecule has 0 saturated heterocycles. The normalized spacial score (nSPS) is 16.1. The van der Waals surface area contributed by atoms with Gasteiger partial charge in [0.1, 0.15) is 5.69 Å². The highest BCUT2D eigenvalue weighted by Crippen LogP contribution is 2.48. The minimum atomic E-state index is -0.758. The van der Waals surface area contributed by atoms with Gasteiger partial charge < -0.3 is 10.4 Å². The smallest absolute Gasteiger partial charge is 0.150 e. The van der Waals surface area contributed by atoms with Crippen LogP contribution >= 0.6 is 0 Å². The minimum Gasteiger partial charge on any atom is -0.396 e. The average Bonchev–Trinajstić information content (AvgIpc) is 3.08. The van der Waals surface area contributed by atoms with E-state index in [2.05, 4.69) is 5.32 Å². The molecule has 0 radical (unpaired) electrons. The van der Waals surface area contributed by atoms with Crippen molar-refractivity contribution in [3.05, 3.63) is 29.3 Å². The number of aliphatic hydroxyl groups is 1. The molecule has 1 fully saturated rings. The molecule has 18 heavy (non-hydrogen) atoms. The third kappa shape index (κ3) is 2.59. The highest BCUT2D eigenvalue weighted by atomic mass is 19.1. The Morgan fingerprint density at radius 2 is 1.94 bits per heavy atom. The van der Waals surface area contributed by atoms with E-state index in [1.54, 1.807) is 6.07 Å². The molecule has 0 unspecified atom stereocenters. The largest absolute Gasteiger partial charge is 0.396 e. The fourth-order valence-electron chi connectivity index (χ4n) is 2.01. The number of nitriles is 1. The Kier molecular flexibility index (Phi) is 3.48. The minimum absolute atomic E-state index is 0.0263. The van der Waals surface area contributed by atoms with Crippen LogP contribution in [0.1, 0.15) is 24.8 Å². The summed E-state index contributed by atoms with van der Waals surface area (Å²) in [5.41, 5.74) is -0.258. The Hall–Kier alpha value is -1.67. The lowest BCUT2D eigenvalue weighted by Gasteiger charge is -2.16. The molecular formula is C13H14F2N2O. The average molecular weight is 252 g/mol. The summed E-state index contributed by atoms with van der Waals surface area (Å²) in [5.74, 6) is -1.52. The number of halogens is 2. The molecule has 0 aromatic heterocycles. The van der Waals surface area contributed by atoms with Crippen molar-refractivity contribution in [2.75, 3.05) is 18.5 Å². The van der Waals surface area contributed by atoms with Crippen LogP contribution in [0, 0.1) is 28.4 Å². The molecule has 0 heterocycles. The van der Waals surface area contributed by atoms with Gasteiger partial charge in [-0.05, 0) is 36.8 Å². The van der Waals surface area contributed by atoms with E-state index in [4.69, 9.17) is 10.4 Å². The zero-order valence-electron chi connectivity index (χ0n) is 9.84. The van der Waals surface area contributed by atoms with Crippen LogP contribution in [0.4, 0.5) is 14.5 Å². The predicted octanol–water partition coefficient (Wildman–Crippen LogP) is 2.41. The van der Waals surface area contributed by atoms with Crippen molar-refractivity contribution in [3.8, 4) is 6.07 Å². The van der Waals surface area contributed by atoms with Gasteiger partial charge in [-0.3, -0.25) is 0 Å². The van der Waals surface area contributed by atoms with Crippen molar-refractivity contribution in [2.45, 2.75) is 19.3 Å². The predicted molar refractivity (Wildman–Crippen MR) is 62.9 cm³/mol. The van der Waals surface area contributed by atoms with Crippen LogP contribution in [-0.4, -0.2) is 18.3 Å². The summed E-state index contributed by atoms with van der Waals surface area (Å²) < 4.78 is 27.2. The number of rotatable bonds is 5. The van der Waals surface area contributed by atoms with Gasteiger partial charge in [0.2, 0.25) is 0 Å². The van der Waals surface area contributed by atoms with E-state index in [1.165, 1.54) is 0 Å². The Bertz CT molecular complexity index is 469. The fraction of sp³-hybridized carbons (Fsp3) is 0.462. The van der Waals surface area contributed by atoms with Gasteiger partial charge in [0.25, 0.3) is 0 Å². The number of benzene rings is 1. The van der Waals surface area contributed by atoms with Crippen LogP contribution in [0.25, 0.3) is 0 Å². The van der Waals surface area contributed by atoms with E-state index in [-0.39, 0.29) is 23.3 Å². The van der Waals surface area contributed by atoms with Crippen molar-refractivity contribution in [3.63, 3.8) is 0 Å². The molecule has 1 saturated carbocycles. The number of hydrogen-bond acceptors (Lipinski definition) is 3. The molecule has 96 valence electrons. The maximum atomic E-state index is 13.6. The van der Waals surface area contributed by atoms with Crippen LogP contribution in [0.5, 0.6) is 0 Å². The van der Waals surface area contributed by atoms with Crippen LogP contribution in [-0.2, 0) is 0 Å². The number of aliphatic hydroxyl groups excluding tert-OH is 1. The topological polar surface area (TPSA) is 56.0 Å². The molecule has 1 aromatic rings. The lowest BCUT2D eigenvalue weighted by molar-refractivity contribution is 0.253. The Balaban J connectivity index is 2.08. The van der Waals surface area contributed by atoms with Gasteiger partial charge in [-0.25, -0.2) is 8.78 Å². The molecule has 3 nitrogen and oxygen atoms in total. The van der Waals surface area contributed by atoms with Gasteiger partial charge in [-0.15, -0.1) is 0 Å². The summed E-state index contributed by atoms with van der Waals surface area (Å²) in [4.78, 5) is 0. The lowest BCUT2D eigenvalue weighted by Crippen LogP contribution is -2.18. The molecule has 2 N–H and O–H groups in total. The second kappa shape index (κ2) is 4.91. The number of nitrogens with one attached hydrogen (secondary N) is 1. The molecule has 1 aliphatic carbocycles. The van der Waals surface area contributed by atoms with Crippen molar-refractivity contribution in [1.29, 1.82) is 5.26 Å². The van der Waals surface area contributed by atoms with E-state index in [0.29, 0.717) is 13.0 Å². The second-order valence-corrected chi connectivity index (χ2v) is 4.75. The van der Waals surface area contributed by atoms with Gasteiger partial charge >= 0.3 is 0 Å². The second-order valence-electron chi connectivity index (χ2n) is 4.75. The molecule has 1 aromatic carbocycles. The molecule has 0 bridgehead atoms. The van der Waals surface area contributed by atoms with E-state index < -0.39 is 11.6 Å². The van der Waals surface area contributed by atoms with Crippen molar-refractivity contribution < 1.29 is 13.9 Å². The molecule has 1 aliphatic rings. The van der Waals surface area contributed by atoms with Crippen LogP contribution in [0.2, 0.25) is 0 Å². The monoisotopic (exact) mass is 252 g/mol. The zero-order chi connectivity index (χ0) is 13.2. The Morgan fingerprint density at radius 3 is 2.39 bits per heavy atom. The quantitative estimate of drug-likeness (QED) is 0.846. The Morgan fingerprint density at radius 1 is 1.33 bits per heavy atom. The number of hydrogen-bond donors (Lipinski definition) is 2. The van der Waals surface area contributed by atoms with E-state index in [0.717, 1.165) is 25.0 Å². The van der Waals surface area contributed by atoms with Crippen LogP contribution in [0.15, 0.2) is 12.1 Å². The maximum Gasteiger partial charge on any atom is 0.150 e. The van der Waals surface area contributed by atoms with E-state index in [9.17, 15) is 8.78 Å². The molecule has 0 spiro atoms. The maximum absolute atomic E-state index is 13.6. The van der Waals surface area contributed by atoms with Crippen LogP contribution in [0.3, 0.4) is 0 Å². The molecule has 0 atom stereocenters. The summed E-state index contributed by atoms with van der Waals surface area (Å²) in [5, 5.41) is 20.2. The molecule has 2 rings (SSSR count). The molecule has 0 aliphatic heterocycles. The first-order valence-corrected chi connectivity index (χ1v) is 5.84.